The Kier molecular flexibility index (Phi) is 4.87. The van der Waals surface area contributed by atoms with Gasteiger partial charge in [-0.2, -0.15) is 0 Å². The van der Waals surface area contributed by atoms with E-state index in [9.17, 15) is 9.18 Å². The van der Waals surface area contributed by atoms with Gasteiger partial charge in [0.25, 0.3) is 0 Å². The Bertz CT molecular complexity index is 1040. The Labute approximate surface area is 165 Å². The van der Waals surface area contributed by atoms with E-state index < -0.39 is 0 Å². The Balaban J connectivity index is 1.65. The number of carbonyl (C=O) groups excluding carboxylic acids is 1. The summed E-state index contributed by atoms with van der Waals surface area (Å²) >= 11 is 1.35. The zero-order valence-corrected chi connectivity index (χ0v) is 15.9. The zero-order valence-electron chi connectivity index (χ0n) is 15.1. The first-order chi connectivity index (χ1) is 13.5. The Morgan fingerprint density at radius 1 is 1.29 bits per heavy atom. The normalized spacial score (nSPS) is 15.6. The standard InChI is InChI=1S/C20H18FN3O3S/c1-26-15-7-6-11(8-16(15)27-10-12-4-2-3-5-14(12)21)13-9-17(25)23-19-18(13)28-20(22)24-19/h2-8,13H,9-10H2,1H3,(H2,22,24)(H,23,25)/t13-/m0/s1. The molecule has 0 fully saturated rings. The van der Waals surface area contributed by atoms with Crippen LogP contribution in [0.4, 0.5) is 15.3 Å². The number of nitrogens with one attached hydrogen (secondary N) is 1. The molecule has 6 nitrogen and oxygen atoms in total. The molecule has 28 heavy (non-hydrogen) atoms. The highest BCUT2D eigenvalue weighted by molar-refractivity contribution is 7.16. The van der Waals surface area contributed by atoms with Crippen LogP contribution in [0.1, 0.15) is 28.3 Å². The van der Waals surface area contributed by atoms with Crippen molar-refractivity contribution in [1.82, 2.24) is 4.98 Å². The Morgan fingerprint density at radius 3 is 2.89 bits per heavy atom. The van der Waals surface area contributed by atoms with Crippen molar-refractivity contribution < 1.29 is 18.7 Å². The van der Waals surface area contributed by atoms with Crippen molar-refractivity contribution in [3.05, 3.63) is 64.3 Å². The molecule has 8 heteroatoms. The molecule has 1 amide bonds. The van der Waals surface area contributed by atoms with Gasteiger partial charge in [0.15, 0.2) is 16.6 Å². The minimum atomic E-state index is -0.327. The number of nitrogens with zero attached hydrogens (tertiary/aromatic N) is 1. The number of hydrogen-bond acceptors (Lipinski definition) is 6. The van der Waals surface area contributed by atoms with E-state index in [1.807, 2.05) is 12.1 Å². The van der Waals surface area contributed by atoms with Crippen molar-refractivity contribution in [1.29, 1.82) is 0 Å². The van der Waals surface area contributed by atoms with E-state index in [0.29, 0.717) is 28.0 Å². The van der Waals surface area contributed by atoms with E-state index in [2.05, 4.69) is 10.3 Å². The van der Waals surface area contributed by atoms with Gasteiger partial charge < -0.3 is 20.5 Å². The van der Waals surface area contributed by atoms with Gasteiger partial charge >= 0.3 is 0 Å². The molecule has 0 radical (unpaired) electrons. The summed E-state index contributed by atoms with van der Waals surface area (Å²) in [5, 5.41) is 3.16. The van der Waals surface area contributed by atoms with Crippen molar-refractivity contribution in [3.8, 4) is 11.5 Å². The van der Waals surface area contributed by atoms with Crippen LogP contribution in [0.3, 0.4) is 0 Å². The third-order valence-electron chi connectivity index (χ3n) is 4.56. The Hall–Kier alpha value is -3.13. The van der Waals surface area contributed by atoms with Crippen LogP contribution in [0.2, 0.25) is 0 Å². The van der Waals surface area contributed by atoms with Gasteiger partial charge in [-0.15, -0.1) is 0 Å². The zero-order chi connectivity index (χ0) is 19.7. The number of aromatic nitrogens is 1. The first-order valence-corrected chi connectivity index (χ1v) is 9.47. The summed E-state index contributed by atoms with van der Waals surface area (Å²) in [5.41, 5.74) is 7.15. The predicted molar refractivity (Wildman–Crippen MR) is 105 cm³/mol. The molecule has 144 valence electrons. The fourth-order valence-electron chi connectivity index (χ4n) is 3.20. The van der Waals surface area contributed by atoms with Gasteiger partial charge in [0.2, 0.25) is 5.91 Å². The van der Waals surface area contributed by atoms with Crippen LogP contribution in [0.25, 0.3) is 0 Å². The number of amides is 1. The highest BCUT2D eigenvalue weighted by Gasteiger charge is 2.30. The van der Waals surface area contributed by atoms with Crippen LogP contribution in [-0.4, -0.2) is 18.0 Å². The smallest absolute Gasteiger partial charge is 0.226 e. The number of carbonyl (C=O) groups is 1. The number of benzene rings is 2. The van der Waals surface area contributed by atoms with Gasteiger partial charge in [0.1, 0.15) is 18.2 Å². The summed E-state index contributed by atoms with van der Waals surface area (Å²) in [6, 6.07) is 11.9. The van der Waals surface area contributed by atoms with Crippen LogP contribution < -0.4 is 20.5 Å². The lowest BCUT2D eigenvalue weighted by Gasteiger charge is -2.22. The first-order valence-electron chi connectivity index (χ1n) is 8.65. The summed E-state index contributed by atoms with van der Waals surface area (Å²) in [7, 11) is 1.54. The van der Waals surface area contributed by atoms with Crippen molar-refractivity contribution >= 4 is 28.2 Å². The SMILES string of the molecule is COc1ccc([C@@H]2CC(=O)Nc3nc(N)sc32)cc1OCc1ccccc1F. The molecular weight excluding hydrogens is 381 g/mol. The monoisotopic (exact) mass is 399 g/mol. The van der Waals surface area contributed by atoms with Crippen LogP contribution in [-0.2, 0) is 11.4 Å². The topological polar surface area (TPSA) is 86.5 Å². The Morgan fingerprint density at radius 2 is 2.11 bits per heavy atom. The predicted octanol–water partition coefficient (Wildman–Crippen LogP) is 3.93. The van der Waals surface area contributed by atoms with Gasteiger partial charge in [-0.3, -0.25) is 4.79 Å². The summed E-state index contributed by atoms with van der Waals surface area (Å²) in [6.45, 7) is 0.0659. The fraction of sp³-hybridized carbons (Fsp3) is 0.200. The largest absolute Gasteiger partial charge is 0.493 e. The summed E-state index contributed by atoms with van der Waals surface area (Å²) in [5.74, 6) is 0.894. The maximum atomic E-state index is 13.9. The first kappa shape index (κ1) is 18.2. The van der Waals surface area contributed by atoms with Crippen LogP contribution >= 0.6 is 11.3 Å². The molecule has 2 aromatic carbocycles. The van der Waals surface area contributed by atoms with Gasteiger partial charge in [-0.1, -0.05) is 35.6 Å². The van der Waals surface area contributed by atoms with Crippen molar-refractivity contribution in [3.63, 3.8) is 0 Å². The number of methoxy groups -OCH3 is 1. The van der Waals surface area contributed by atoms with Crippen LogP contribution in [0.5, 0.6) is 11.5 Å². The van der Waals surface area contributed by atoms with E-state index in [4.69, 9.17) is 15.2 Å². The second-order valence-corrected chi connectivity index (χ2v) is 7.42. The second kappa shape index (κ2) is 7.47. The number of nitrogen functional groups attached to an aromatic ring is 1. The molecule has 1 aliphatic rings. The van der Waals surface area contributed by atoms with Gasteiger partial charge in [0, 0.05) is 17.9 Å². The number of anilines is 2. The molecule has 2 heterocycles. The average molecular weight is 399 g/mol. The molecule has 1 aliphatic heterocycles. The van der Waals surface area contributed by atoms with Gasteiger partial charge in [-0.25, -0.2) is 9.37 Å². The number of halogens is 1. The molecule has 0 unspecified atom stereocenters. The molecule has 0 spiro atoms. The number of hydrogen-bond donors (Lipinski definition) is 2. The molecule has 1 atom stereocenters. The quantitative estimate of drug-likeness (QED) is 0.679. The molecule has 4 rings (SSSR count). The van der Waals surface area contributed by atoms with Gasteiger partial charge in [0.05, 0.1) is 12.0 Å². The molecule has 0 saturated heterocycles. The summed E-state index contributed by atoms with van der Waals surface area (Å²) < 4.78 is 25.1. The third-order valence-corrected chi connectivity index (χ3v) is 5.56. The second-order valence-electron chi connectivity index (χ2n) is 6.36. The van der Waals surface area contributed by atoms with Crippen LogP contribution in [0, 0.1) is 5.82 Å². The lowest BCUT2D eigenvalue weighted by molar-refractivity contribution is -0.116. The third kappa shape index (κ3) is 3.50. The number of thiazole rings is 1. The van der Waals surface area contributed by atoms with Crippen molar-refractivity contribution in [2.75, 3.05) is 18.2 Å². The molecule has 3 N–H and O–H groups in total. The van der Waals surface area contributed by atoms with E-state index in [1.54, 1.807) is 31.4 Å². The lowest BCUT2D eigenvalue weighted by atomic mass is 9.91. The number of ether oxygens (including phenoxy) is 2. The highest BCUT2D eigenvalue weighted by atomic mass is 32.1. The molecule has 1 aromatic heterocycles. The molecule has 0 saturated carbocycles. The molecule has 0 aliphatic carbocycles. The van der Waals surface area contributed by atoms with Crippen molar-refractivity contribution in [2.45, 2.75) is 18.9 Å². The highest BCUT2D eigenvalue weighted by Crippen LogP contribution is 2.43. The minimum Gasteiger partial charge on any atom is -0.493 e. The van der Waals surface area contributed by atoms with E-state index in [0.717, 1.165) is 10.4 Å². The molecular formula is C20H18FN3O3S. The molecule has 3 aromatic rings. The fourth-order valence-corrected chi connectivity index (χ4v) is 4.12. The molecule has 0 bridgehead atoms. The maximum Gasteiger partial charge on any atom is 0.226 e. The maximum absolute atomic E-state index is 13.9. The van der Waals surface area contributed by atoms with Crippen molar-refractivity contribution in [2.24, 2.45) is 0 Å². The summed E-state index contributed by atoms with van der Waals surface area (Å²) in [4.78, 5) is 17.2. The van der Waals surface area contributed by atoms with E-state index in [1.165, 1.54) is 17.4 Å². The number of nitrogens with two attached hydrogens (primary N) is 1. The lowest BCUT2D eigenvalue weighted by Crippen LogP contribution is -2.22. The van der Waals surface area contributed by atoms with Crippen LogP contribution in [0.15, 0.2) is 42.5 Å². The van der Waals surface area contributed by atoms with E-state index in [-0.39, 0.29) is 30.7 Å². The minimum absolute atomic E-state index is 0.0659. The summed E-state index contributed by atoms with van der Waals surface area (Å²) in [6.07, 6.45) is 0.285. The average Bonchev–Trinajstić information content (AvgIpc) is 3.06. The van der Waals surface area contributed by atoms with E-state index >= 15 is 0 Å². The number of fused-ring (bicyclic) bond motifs is 1. The van der Waals surface area contributed by atoms with Gasteiger partial charge in [-0.05, 0) is 23.8 Å². The number of rotatable bonds is 5.